The largest absolute Gasteiger partial charge is 0.382 e. The van der Waals surface area contributed by atoms with Gasteiger partial charge in [-0.25, -0.2) is 0 Å². The first kappa shape index (κ1) is 14.9. The molecular formula is C14H28O3. The van der Waals surface area contributed by atoms with Crippen molar-refractivity contribution in [3.05, 3.63) is 0 Å². The topological polar surface area (TPSA) is 27.7 Å². The highest BCUT2D eigenvalue weighted by Gasteiger charge is 2.48. The highest BCUT2D eigenvalue weighted by atomic mass is 16.7. The van der Waals surface area contributed by atoms with Crippen LogP contribution in [0.4, 0.5) is 0 Å². The average Bonchev–Trinajstić information content (AvgIpc) is 2.71. The Labute approximate surface area is 106 Å². The van der Waals surface area contributed by atoms with Gasteiger partial charge in [0.05, 0.1) is 6.61 Å². The smallest absolute Gasteiger partial charge is 0.148 e. The number of hydrogen-bond acceptors (Lipinski definition) is 3. The van der Waals surface area contributed by atoms with Gasteiger partial charge in [-0.15, -0.1) is 0 Å². The lowest BCUT2D eigenvalue weighted by atomic mass is 9.76. The fraction of sp³-hybridized carbons (Fsp3) is 1.00. The Hall–Kier alpha value is -0.120. The molecule has 0 saturated carbocycles. The molecule has 0 radical (unpaired) electrons. The van der Waals surface area contributed by atoms with Gasteiger partial charge in [-0.3, -0.25) is 0 Å². The van der Waals surface area contributed by atoms with E-state index < -0.39 is 0 Å². The van der Waals surface area contributed by atoms with Crippen molar-refractivity contribution < 1.29 is 14.2 Å². The van der Waals surface area contributed by atoms with Gasteiger partial charge in [-0.2, -0.15) is 0 Å². The Morgan fingerprint density at radius 3 is 2.41 bits per heavy atom. The van der Waals surface area contributed by atoms with Crippen LogP contribution in [0.25, 0.3) is 0 Å². The van der Waals surface area contributed by atoms with Crippen LogP contribution in [0.2, 0.25) is 0 Å². The SMILES string of the molecule is CCC(CC)CC1(C(C)C)OCOC1COC. The van der Waals surface area contributed by atoms with Crippen molar-refractivity contribution in [1.82, 2.24) is 0 Å². The van der Waals surface area contributed by atoms with Crippen molar-refractivity contribution in [3.8, 4) is 0 Å². The second-order valence-corrected chi connectivity index (χ2v) is 5.37. The molecular weight excluding hydrogens is 216 g/mol. The Bertz CT molecular complexity index is 214. The molecule has 0 aliphatic carbocycles. The molecule has 0 bridgehead atoms. The number of methoxy groups -OCH3 is 1. The molecule has 2 atom stereocenters. The minimum Gasteiger partial charge on any atom is -0.382 e. The maximum atomic E-state index is 6.00. The molecule has 0 spiro atoms. The van der Waals surface area contributed by atoms with E-state index in [0.29, 0.717) is 25.2 Å². The quantitative estimate of drug-likeness (QED) is 0.688. The highest BCUT2D eigenvalue weighted by molar-refractivity contribution is 4.96. The van der Waals surface area contributed by atoms with Crippen LogP contribution in [0, 0.1) is 11.8 Å². The van der Waals surface area contributed by atoms with Crippen LogP contribution in [-0.4, -0.2) is 32.2 Å². The Balaban J connectivity index is 2.80. The minimum absolute atomic E-state index is 0.0769. The third-order valence-corrected chi connectivity index (χ3v) is 4.20. The van der Waals surface area contributed by atoms with E-state index in [1.54, 1.807) is 7.11 Å². The molecule has 3 nitrogen and oxygen atoms in total. The van der Waals surface area contributed by atoms with Crippen LogP contribution < -0.4 is 0 Å². The Kier molecular flexibility index (Phi) is 5.90. The zero-order valence-electron chi connectivity index (χ0n) is 12.0. The summed E-state index contributed by atoms with van der Waals surface area (Å²) in [6.07, 6.45) is 3.56. The second kappa shape index (κ2) is 6.72. The molecule has 17 heavy (non-hydrogen) atoms. The molecule has 1 aliphatic rings. The highest BCUT2D eigenvalue weighted by Crippen LogP contribution is 2.40. The summed E-state index contributed by atoms with van der Waals surface area (Å²) >= 11 is 0. The lowest BCUT2D eigenvalue weighted by molar-refractivity contribution is -0.0702. The van der Waals surface area contributed by atoms with Crippen molar-refractivity contribution in [3.63, 3.8) is 0 Å². The molecule has 1 heterocycles. The predicted molar refractivity (Wildman–Crippen MR) is 69.0 cm³/mol. The molecule has 0 aromatic carbocycles. The molecule has 1 rings (SSSR count). The molecule has 0 aromatic rings. The zero-order chi connectivity index (χ0) is 12.9. The summed E-state index contributed by atoms with van der Waals surface area (Å²) in [5.74, 6) is 1.16. The van der Waals surface area contributed by atoms with Crippen LogP contribution in [-0.2, 0) is 14.2 Å². The number of ether oxygens (including phenoxy) is 3. The Morgan fingerprint density at radius 1 is 1.29 bits per heavy atom. The summed E-state index contributed by atoms with van der Waals surface area (Å²) in [4.78, 5) is 0. The standard InChI is InChI=1S/C14H28O3/c1-6-12(7-2)8-14(11(3)4)13(9-15-5)16-10-17-14/h11-13H,6-10H2,1-5H3. The van der Waals surface area contributed by atoms with E-state index in [0.717, 1.165) is 6.42 Å². The molecule has 1 aliphatic heterocycles. The fourth-order valence-electron chi connectivity index (χ4n) is 2.79. The van der Waals surface area contributed by atoms with Gasteiger partial charge in [0, 0.05) is 7.11 Å². The minimum atomic E-state index is -0.160. The third kappa shape index (κ3) is 3.21. The Morgan fingerprint density at radius 2 is 1.94 bits per heavy atom. The molecule has 3 heteroatoms. The van der Waals surface area contributed by atoms with Crippen LogP contribution in [0.3, 0.4) is 0 Å². The molecule has 2 unspecified atom stereocenters. The van der Waals surface area contributed by atoms with Crippen molar-refractivity contribution >= 4 is 0 Å². The maximum Gasteiger partial charge on any atom is 0.148 e. The van der Waals surface area contributed by atoms with Crippen LogP contribution in [0.5, 0.6) is 0 Å². The first-order valence-electron chi connectivity index (χ1n) is 6.85. The summed E-state index contributed by atoms with van der Waals surface area (Å²) in [6, 6.07) is 0. The summed E-state index contributed by atoms with van der Waals surface area (Å²) in [5, 5.41) is 0. The summed E-state index contributed by atoms with van der Waals surface area (Å²) in [5.41, 5.74) is -0.160. The molecule has 0 aromatic heterocycles. The molecule has 0 amide bonds. The van der Waals surface area contributed by atoms with Gasteiger partial charge in [-0.1, -0.05) is 40.5 Å². The predicted octanol–water partition coefficient (Wildman–Crippen LogP) is 3.23. The molecule has 0 N–H and O–H groups in total. The molecule has 1 saturated heterocycles. The van der Waals surface area contributed by atoms with E-state index in [4.69, 9.17) is 14.2 Å². The van der Waals surface area contributed by atoms with Crippen LogP contribution in [0.1, 0.15) is 47.0 Å². The van der Waals surface area contributed by atoms with Crippen molar-refractivity contribution in [1.29, 1.82) is 0 Å². The normalized spacial score (nSPS) is 29.5. The van der Waals surface area contributed by atoms with Gasteiger partial charge in [-0.05, 0) is 18.3 Å². The lowest BCUT2D eigenvalue weighted by Gasteiger charge is -2.38. The summed E-state index contributed by atoms with van der Waals surface area (Å²) in [6.45, 7) is 9.98. The van der Waals surface area contributed by atoms with E-state index in [1.807, 2.05) is 0 Å². The average molecular weight is 244 g/mol. The van der Waals surface area contributed by atoms with E-state index in [2.05, 4.69) is 27.7 Å². The van der Waals surface area contributed by atoms with Gasteiger partial charge in [0.2, 0.25) is 0 Å². The summed E-state index contributed by atoms with van der Waals surface area (Å²) < 4.78 is 17.0. The van der Waals surface area contributed by atoms with Gasteiger partial charge in [0.1, 0.15) is 18.5 Å². The van der Waals surface area contributed by atoms with Gasteiger partial charge >= 0.3 is 0 Å². The number of hydrogen-bond donors (Lipinski definition) is 0. The van der Waals surface area contributed by atoms with Gasteiger partial charge in [0.25, 0.3) is 0 Å². The van der Waals surface area contributed by atoms with Crippen molar-refractivity contribution in [2.45, 2.75) is 58.7 Å². The third-order valence-electron chi connectivity index (χ3n) is 4.20. The maximum absolute atomic E-state index is 6.00. The van der Waals surface area contributed by atoms with Crippen molar-refractivity contribution in [2.24, 2.45) is 11.8 Å². The monoisotopic (exact) mass is 244 g/mol. The molecule has 102 valence electrons. The van der Waals surface area contributed by atoms with E-state index in [-0.39, 0.29) is 11.7 Å². The first-order chi connectivity index (χ1) is 8.10. The fourth-order valence-corrected chi connectivity index (χ4v) is 2.79. The van der Waals surface area contributed by atoms with Gasteiger partial charge < -0.3 is 14.2 Å². The van der Waals surface area contributed by atoms with E-state index in [9.17, 15) is 0 Å². The van der Waals surface area contributed by atoms with Crippen LogP contribution in [0.15, 0.2) is 0 Å². The van der Waals surface area contributed by atoms with Gasteiger partial charge in [0.15, 0.2) is 0 Å². The zero-order valence-corrected chi connectivity index (χ0v) is 12.0. The lowest BCUT2D eigenvalue weighted by Crippen LogP contribution is -2.48. The van der Waals surface area contributed by atoms with E-state index in [1.165, 1.54) is 12.8 Å². The van der Waals surface area contributed by atoms with E-state index >= 15 is 0 Å². The summed E-state index contributed by atoms with van der Waals surface area (Å²) in [7, 11) is 1.73. The first-order valence-corrected chi connectivity index (χ1v) is 6.85. The number of rotatable bonds is 7. The molecule has 1 fully saturated rings. The second-order valence-electron chi connectivity index (χ2n) is 5.37. The van der Waals surface area contributed by atoms with Crippen molar-refractivity contribution in [2.75, 3.05) is 20.5 Å². The van der Waals surface area contributed by atoms with Crippen LogP contribution >= 0.6 is 0 Å².